The molecule has 2 heterocycles. The Bertz CT molecular complexity index is 590. The third-order valence-corrected chi connectivity index (χ3v) is 3.08. The van der Waals surface area contributed by atoms with Crippen molar-refractivity contribution in [3.05, 3.63) is 22.2 Å². The van der Waals surface area contributed by atoms with Crippen molar-refractivity contribution in [2.24, 2.45) is 0 Å². The highest BCUT2D eigenvalue weighted by Gasteiger charge is 2.45. The van der Waals surface area contributed by atoms with Crippen LogP contribution in [0.1, 0.15) is 11.8 Å². The zero-order valence-corrected chi connectivity index (χ0v) is 10.4. The van der Waals surface area contributed by atoms with Crippen LogP contribution < -0.4 is 11.4 Å². The first-order valence-corrected chi connectivity index (χ1v) is 5.75. The number of halogens is 3. The van der Waals surface area contributed by atoms with Crippen LogP contribution in [0.15, 0.2) is 11.0 Å². The quantitative estimate of drug-likeness (QED) is 0.520. The van der Waals surface area contributed by atoms with Gasteiger partial charge in [-0.25, -0.2) is 4.79 Å². The van der Waals surface area contributed by atoms with Crippen LogP contribution in [-0.4, -0.2) is 49.8 Å². The predicted molar refractivity (Wildman–Crippen MR) is 60.9 cm³/mol. The number of nitrogens with zero attached hydrogens (tertiary/aromatic N) is 2. The van der Waals surface area contributed by atoms with Gasteiger partial charge in [-0.1, -0.05) is 0 Å². The lowest BCUT2D eigenvalue weighted by Crippen LogP contribution is -2.37. The van der Waals surface area contributed by atoms with Crippen LogP contribution >= 0.6 is 0 Å². The molecule has 1 aromatic rings. The van der Waals surface area contributed by atoms with Crippen LogP contribution in [-0.2, 0) is 10.9 Å². The van der Waals surface area contributed by atoms with E-state index in [1.54, 1.807) is 0 Å². The molecule has 21 heavy (non-hydrogen) atoms. The van der Waals surface area contributed by atoms with E-state index >= 15 is 0 Å². The van der Waals surface area contributed by atoms with E-state index in [9.17, 15) is 28.2 Å². The van der Waals surface area contributed by atoms with E-state index in [2.05, 4.69) is 4.98 Å². The number of aliphatic hydroxyl groups excluding tert-OH is 3. The molecule has 0 aromatic carbocycles. The zero-order chi connectivity index (χ0) is 15.9. The summed E-state index contributed by atoms with van der Waals surface area (Å²) < 4.78 is 43.6. The van der Waals surface area contributed by atoms with Crippen molar-refractivity contribution in [3.8, 4) is 0 Å². The van der Waals surface area contributed by atoms with Crippen molar-refractivity contribution in [1.82, 2.24) is 9.55 Å². The number of ether oxygens (including phenoxy) is 1. The van der Waals surface area contributed by atoms with Crippen molar-refractivity contribution in [2.45, 2.75) is 30.7 Å². The van der Waals surface area contributed by atoms with E-state index in [-0.39, 0.29) is 0 Å². The molecule has 0 saturated carbocycles. The van der Waals surface area contributed by atoms with E-state index in [0.717, 1.165) is 0 Å². The van der Waals surface area contributed by atoms with Gasteiger partial charge < -0.3 is 25.8 Å². The number of alkyl halides is 3. The molecule has 0 bridgehead atoms. The summed E-state index contributed by atoms with van der Waals surface area (Å²) >= 11 is 0. The Kier molecular flexibility index (Phi) is 3.93. The minimum Gasteiger partial charge on any atom is -0.394 e. The van der Waals surface area contributed by atoms with E-state index < -0.39 is 54.4 Å². The summed E-state index contributed by atoms with van der Waals surface area (Å²) in [5, 5.41) is 28.2. The van der Waals surface area contributed by atoms with Crippen LogP contribution in [0, 0.1) is 0 Å². The van der Waals surface area contributed by atoms with Gasteiger partial charge in [0.05, 0.1) is 6.61 Å². The molecular weight excluding hydrogens is 299 g/mol. The van der Waals surface area contributed by atoms with Crippen LogP contribution in [0.3, 0.4) is 0 Å². The Morgan fingerprint density at radius 2 is 2.00 bits per heavy atom. The lowest BCUT2D eigenvalue weighted by atomic mass is 10.1. The number of anilines is 1. The van der Waals surface area contributed by atoms with Gasteiger partial charge in [0.25, 0.3) is 0 Å². The molecular formula is C10H12F3N3O5. The first-order chi connectivity index (χ1) is 9.66. The maximum Gasteiger partial charge on any atom is 0.421 e. The number of aromatic nitrogens is 2. The van der Waals surface area contributed by atoms with E-state index in [1.807, 2.05) is 0 Å². The Morgan fingerprint density at radius 1 is 1.38 bits per heavy atom. The zero-order valence-electron chi connectivity index (χ0n) is 10.4. The predicted octanol–water partition coefficient (Wildman–Crippen LogP) is -1.54. The topological polar surface area (TPSA) is 131 Å². The lowest BCUT2D eigenvalue weighted by molar-refractivity contribution is -0.138. The molecule has 0 aliphatic carbocycles. The van der Waals surface area contributed by atoms with E-state index in [0.29, 0.717) is 10.8 Å². The Morgan fingerprint density at radius 3 is 2.48 bits per heavy atom. The number of hydrogen-bond acceptors (Lipinski definition) is 7. The molecule has 1 unspecified atom stereocenters. The second-order valence-electron chi connectivity index (χ2n) is 4.46. The Hall–Kier alpha value is -1.69. The molecule has 0 amide bonds. The maximum atomic E-state index is 12.7. The van der Waals surface area contributed by atoms with Gasteiger partial charge in [0.15, 0.2) is 6.23 Å². The number of rotatable bonds is 2. The molecule has 1 fully saturated rings. The molecule has 0 spiro atoms. The van der Waals surface area contributed by atoms with Crippen LogP contribution in [0.4, 0.5) is 19.0 Å². The standard InChI is InChI=1S/C10H12F3N3O5/c11-10(12,13)3-1-16(9(20)15-7(3)14)8-6(19)5(18)4(2-17)21-8/h1,4-6,8,17-19H,2H2,(H2,14,15,20)/t4-,5?,6+,8-/m1/s1. The second kappa shape index (κ2) is 5.26. The normalized spacial score (nSPS) is 29.8. The summed E-state index contributed by atoms with van der Waals surface area (Å²) in [4.78, 5) is 14.6. The highest BCUT2D eigenvalue weighted by molar-refractivity contribution is 5.39. The minimum absolute atomic E-state index is 0.352. The molecule has 1 aliphatic heterocycles. The largest absolute Gasteiger partial charge is 0.421 e. The van der Waals surface area contributed by atoms with Gasteiger partial charge in [0.2, 0.25) is 0 Å². The fraction of sp³-hybridized carbons (Fsp3) is 0.600. The van der Waals surface area contributed by atoms with Crippen molar-refractivity contribution < 1.29 is 33.2 Å². The fourth-order valence-corrected chi connectivity index (χ4v) is 1.99. The summed E-state index contributed by atoms with van der Waals surface area (Å²) in [7, 11) is 0. The molecule has 11 heteroatoms. The first-order valence-electron chi connectivity index (χ1n) is 5.75. The van der Waals surface area contributed by atoms with Crippen molar-refractivity contribution in [2.75, 3.05) is 12.3 Å². The second-order valence-corrected chi connectivity index (χ2v) is 4.46. The summed E-state index contributed by atoms with van der Waals surface area (Å²) in [5.41, 5.74) is 2.49. The van der Waals surface area contributed by atoms with Crippen molar-refractivity contribution in [3.63, 3.8) is 0 Å². The smallest absolute Gasteiger partial charge is 0.394 e. The van der Waals surface area contributed by atoms with Crippen LogP contribution in [0.2, 0.25) is 0 Å². The lowest BCUT2D eigenvalue weighted by Gasteiger charge is -2.19. The minimum atomic E-state index is -4.86. The summed E-state index contributed by atoms with van der Waals surface area (Å²) in [6.07, 6.45) is -10.6. The third kappa shape index (κ3) is 2.72. The van der Waals surface area contributed by atoms with E-state index in [1.165, 1.54) is 0 Å². The van der Waals surface area contributed by atoms with Gasteiger partial charge in [-0.15, -0.1) is 0 Å². The summed E-state index contributed by atoms with van der Waals surface area (Å²) in [5.74, 6) is -1.00. The van der Waals surface area contributed by atoms with Gasteiger partial charge >= 0.3 is 11.9 Å². The van der Waals surface area contributed by atoms with E-state index in [4.69, 9.17) is 15.6 Å². The van der Waals surface area contributed by atoms with Gasteiger partial charge in [-0.05, 0) is 0 Å². The van der Waals surface area contributed by atoms with Crippen LogP contribution in [0.25, 0.3) is 0 Å². The highest BCUT2D eigenvalue weighted by atomic mass is 19.4. The average Bonchev–Trinajstić information content (AvgIpc) is 2.65. The number of aliphatic hydroxyl groups is 3. The number of nitrogen functional groups attached to an aromatic ring is 1. The number of nitrogens with two attached hydrogens (primary N) is 1. The van der Waals surface area contributed by atoms with Gasteiger partial charge in [0, 0.05) is 6.20 Å². The Balaban J connectivity index is 2.48. The first kappa shape index (κ1) is 15.7. The molecule has 1 saturated heterocycles. The molecule has 8 nitrogen and oxygen atoms in total. The molecule has 5 N–H and O–H groups in total. The van der Waals surface area contributed by atoms with Crippen molar-refractivity contribution >= 4 is 5.82 Å². The fourth-order valence-electron chi connectivity index (χ4n) is 1.99. The number of hydrogen-bond donors (Lipinski definition) is 4. The highest BCUT2D eigenvalue weighted by Crippen LogP contribution is 2.34. The molecule has 1 aromatic heterocycles. The molecule has 2 rings (SSSR count). The Labute approximate surface area is 115 Å². The molecule has 4 atom stereocenters. The van der Waals surface area contributed by atoms with Crippen molar-refractivity contribution in [1.29, 1.82) is 0 Å². The summed E-state index contributed by atoms with van der Waals surface area (Å²) in [6.45, 7) is -0.683. The molecule has 118 valence electrons. The van der Waals surface area contributed by atoms with Gasteiger partial charge in [0.1, 0.15) is 29.7 Å². The maximum absolute atomic E-state index is 12.7. The molecule has 1 aliphatic rings. The van der Waals surface area contributed by atoms with Crippen LogP contribution in [0.5, 0.6) is 0 Å². The SMILES string of the molecule is Nc1nc(=O)n([C@@H]2O[C@H](CO)C(O)[C@@H]2O)cc1C(F)(F)F. The van der Waals surface area contributed by atoms with Gasteiger partial charge in [-0.3, -0.25) is 4.57 Å². The molecule has 0 radical (unpaired) electrons. The summed E-state index contributed by atoms with van der Waals surface area (Å²) in [6, 6.07) is 0. The monoisotopic (exact) mass is 311 g/mol. The third-order valence-electron chi connectivity index (χ3n) is 3.08. The average molecular weight is 311 g/mol. The van der Waals surface area contributed by atoms with Gasteiger partial charge in [-0.2, -0.15) is 18.2 Å².